The molecular weight excluding hydrogens is 336 g/mol. The Morgan fingerprint density at radius 1 is 0.778 bits per heavy atom. The van der Waals surface area contributed by atoms with Crippen molar-refractivity contribution in [1.82, 2.24) is 9.13 Å². The van der Waals surface area contributed by atoms with Gasteiger partial charge in [0.1, 0.15) is 0 Å². The molecule has 0 fully saturated rings. The summed E-state index contributed by atoms with van der Waals surface area (Å²) in [5, 5.41) is 0.533. The fraction of sp³-hybridized carbons (Fsp3) is 0.130. The topological polar surface area (TPSA) is 44.0 Å². The lowest BCUT2D eigenvalue weighted by atomic mass is 10.1. The van der Waals surface area contributed by atoms with Crippen LogP contribution in [0.1, 0.15) is 16.7 Å². The molecule has 3 aromatic carbocycles. The van der Waals surface area contributed by atoms with Crippen LogP contribution >= 0.6 is 0 Å². The summed E-state index contributed by atoms with van der Waals surface area (Å²) in [5.74, 6) is 0. The fourth-order valence-electron chi connectivity index (χ4n) is 3.34. The summed E-state index contributed by atoms with van der Waals surface area (Å²) in [7, 11) is 0. The van der Waals surface area contributed by atoms with Crippen molar-refractivity contribution in [2.75, 3.05) is 0 Å². The van der Waals surface area contributed by atoms with Crippen molar-refractivity contribution in [2.45, 2.75) is 20.4 Å². The first kappa shape index (κ1) is 17.0. The van der Waals surface area contributed by atoms with Crippen LogP contribution in [0, 0.1) is 13.8 Å². The van der Waals surface area contributed by atoms with Crippen molar-refractivity contribution < 1.29 is 0 Å². The Morgan fingerprint density at radius 3 is 2.26 bits per heavy atom. The van der Waals surface area contributed by atoms with E-state index in [1.54, 1.807) is 16.7 Å². The van der Waals surface area contributed by atoms with E-state index in [-0.39, 0.29) is 11.2 Å². The molecule has 27 heavy (non-hydrogen) atoms. The Kier molecular flexibility index (Phi) is 4.24. The molecule has 0 unspecified atom stereocenters. The highest BCUT2D eigenvalue weighted by molar-refractivity contribution is 5.78. The first-order chi connectivity index (χ1) is 13.0. The largest absolute Gasteiger partial charge is 0.336 e. The second-order valence-corrected chi connectivity index (χ2v) is 6.85. The van der Waals surface area contributed by atoms with Crippen molar-refractivity contribution in [3.05, 3.63) is 110 Å². The zero-order valence-electron chi connectivity index (χ0n) is 15.3. The predicted molar refractivity (Wildman–Crippen MR) is 109 cm³/mol. The molecule has 0 spiro atoms. The molecule has 1 aromatic heterocycles. The summed E-state index contributed by atoms with van der Waals surface area (Å²) in [6.45, 7) is 4.38. The van der Waals surface area contributed by atoms with Crippen molar-refractivity contribution in [3.8, 4) is 5.69 Å². The van der Waals surface area contributed by atoms with E-state index in [1.165, 1.54) is 10.1 Å². The maximum atomic E-state index is 13.3. The van der Waals surface area contributed by atoms with Gasteiger partial charge in [-0.3, -0.25) is 9.36 Å². The lowest BCUT2D eigenvalue weighted by Crippen LogP contribution is -2.39. The van der Waals surface area contributed by atoms with E-state index in [9.17, 15) is 9.59 Å². The Hall–Kier alpha value is -3.40. The van der Waals surface area contributed by atoms with Crippen molar-refractivity contribution >= 4 is 10.9 Å². The van der Waals surface area contributed by atoms with E-state index < -0.39 is 0 Å². The van der Waals surface area contributed by atoms with Gasteiger partial charge in [0.2, 0.25) is 0 Å². The number of fused-ring (bicyclic) bond motifs is 1. The van der Waals surface area contributed by atoms with E-state index in [0.717, 1.165) is 11.1 Å². The van der Waals surface area contributed by atoms with Gasteiger partial charge in [0.05, 0.1) is 23.1 Å². The van der Waals surface area contributed by atoms with Gasteiger partial charge in [-0.1, -0.05) is 54.1 Å². The van der Waals surface area contributed by atoms with E-state index in [2.05, 4.69) is 0 Å². The van der Waals surface area contributed by atoms with Gasteiger partial charge >= 0.3 is 5.69 Å². The van der Waals surface area contributed by atoms with Gasteiger partial charge in [-0.25, -0.2) is 9.36 Å². The first-order valence-electron chi connectivity index (χ1n) is 8.92. The molecule has 0 bridgehead atoms. The number of aryl methyl sites for hydroxylation is 2. The lowest BCUT2D eigenvalue weighted by molar-refractivity contribution is 0.714. The predicted octanol–water partition coefficient (Wildman–Crippen LogP) is 3.82. The standard InChI is InChI=1S/C23H20N2O2/c1-16-10-12-18(13-11-16)15-24-21-9-4-3-8-20(21)22(26)25(23(24)27)19-7-5-6-17(2)14-19/h3-14H,15H2,1-2H3. The second-order valence-electron chi connectivity index (χ2n) is 6.85. The molecule has 0 amide bonds. The highest BCUT2D eigenvalue weighted by Crippen LogP contribution is 2.13. The molecule has 0 aliphatic carbocycles. The monoisotopic (exact) mass is 356 g/mol. The molecule has 0 saturated heterocycles. The van der Waals surface area contributed by atoms with Crippen LogP contribution in [0.4, 0.5) is 0 Å². The third kappa shape index (κ3) is 3.10. The van der Waals surface area contributed by atoms with Crippen molar-refractivity contribution in [3.63, 3.8) is 0 Å². The molecule has 4 aromatic rings. The maximum absolute atomic E-state index is 13.3. The lowest BCUT2D eigenvalue weighted by Gasteiger charge is -2.14. The number of rotatable bonds is 3. The summed E-state index contributed by atoms with van der Waals surface area (Å²) in [6.07, 6.45) is 0. The van der Waals surface area contributed by atoms with Gasteiger partial charge in [-0.2, -0.15) is 0 Å². The SMILES string of the molecule is Cc1ccc(Cn2c(=O)n(-c3cccc(C)c3)c(=O)c3ccccc32)cc1. The number of hydrogen-bond acceptors (Lipinski definition) is 2. The number of hydrogen-bond donors (Lipinski definition) is 0. The fourth-order valence-corrected chi connectivity index (χ4v) is 3.34. The van der Waals surface area contributed by atoms with Crippen LogP contribution in [0.3, 0.4) is 0 Å². The average molecular weight is 356 g/mol. The molecule has 4 rings (SSSR count). The number of para-hydroxylation sites is 1. The average Bonchev–Trinajstić information content (AvgIpc) is 2.67. The van der Waals surface area contributed by atoms with Gasteiger partial charge in [-0.05, 0) is 49.2 Å². The summed E-state index contributed by atoms with van der Waals surface area (Å²) >= 11 is 0. The Bertz CT molecular complexity index is 1250. The number of nitrogens with zero attached hydrogens (tertiary/aromatic N) is 2. The minimum absolute atomic E-state index is 0.290. The zero-order valence-corrected chi connectivity index (χ0v) is 15.3. The summed E-state index contributed by atoms with van der Waals surface area (Å²) in [5.41, 5.74) is 3.80. The Labute approximate surface area is 157 Å². The quantitative estimate of drug-likeness (QED) is 0.560. The van der Waals surface area contributed by atoms with Gasteiger partial charge in [-0.15, -0.1) is 0 Å². The second kappa shape index (κ2) is 6.72. The number of benzene rings is 3. The van der Waals surface area contributed by atoms with Gasteiger partial charge < -0.3 is 0 Å². The third-order valence-electron chi connectivity index (χ3n) is 4.77. The van der Waals surface area contributed by atoms with E-state index in [0.29, 0.717) is 23.1 Å². The molecule has 0 aliphatic heterocycles. The van der Waals surface area contributed by atoms with Crippen LogP contribution in [0.15, 0.2) is 82.4 Å². The van der Waals surface area contributed by atoms with Gasteiger partial charge in [0.25, 0.3) is 5.56 Å². The molecule has 0 saturated carbocycles. The minimum atomic E-state index is -0.329. The Balaban J connectivity index is 2.01. The smallest absolute Gasteiger partial charge is 0.288 e. The third-order valence-corrected chi connectivity index (χ3v) is 4.77. The van der Waals surface area contributed by atoms with Crippen molar-refractivity contribution in [1.29, 1.82) is 0 Å². The molecule has 4 heteroatoms. The summed E-state index contributed by atoms with van der Waals surface area (Å²) in [6, 6.07) is 22.8. The van der Waals surface area contributed by atoms with E-state index in [1.807, 2.05) is 74.5 Å². The van der Waals surface area contributed by atoms with Crippen molar-refractivity contribution in [2.24, 2.45) is 0 Å². The maximum Gasteiger partial charge on any atom is 0.336 e. The van der Waals surface area contributed by atoms with Gasteiger partial charge in [0, 0.05) is 0 Å². The molecular formula is C23H20N2O2. The molecule has 0 N–H and O–H groups in total. The molecule has 1 heterocycles. The zero-order chi connectivity index (χ0) is 19.0. The number of aromatic nitrogens is 2. The van der Waals surface area contributed by atoms with Crippen LogP contribution in [0.2, 0.25) is 0 Å². The highest BCUT2D eigenvalue weighted by atomic mass is 16.2. The molecule has 134 valence electrons. The van der Waals surface area contributed by atoms with E-state index in [4.69, 9.17) is 0 Å². The molecule has 0 aliphatic rings. The summed E-state index contributed by atoms with van der Waals surface area (Å²) < 4.78 is 2.94. The molecule has 0 radical (unpaired) electrons. The van der Waals surface area contributed by atoms with Crippen LogP contribution in [-0.4, -0.2) is 9.13 Å². The normalized spacial score (nSPS) is 11.0. The van der Waals surface area contributed by atoms with Crippen LogP contribution in [0.25, 0.3) is 16.6 Å². The van der Waals surface area contributed by atoms with Crippen LogP contribution in [0.5, 0.6) is 0 Å². The van der Waals surface area contributed by atoms with E-state index >= 15 is 0 Å². The van der Waals surface area contributed by atoms with Gasteiger partial charge in [0.15, 0.2) is 0 Å². The Morgan fingerprint density at radius 2 is 1.52 bits per heavy atom. The summed E-state index contributed by atoms with van der Waals surface area (Å²) in [4.78, 5) is 26.4. The molecule has 4 nitrogen and oxygen atoms in total. The highest BCUT2D eigenvalue weighted by Gasteiger charge is 2.14. The minimum Gasteiger partial charge on any atom is -0.288 e. The van der Waals surface area contributed by atoms with Crippen LogP contribution < -0.4 is 11.2 Å². The van der Waals surface area contributed by atoms with Crippen LogP contribution in [-0.2, 0) is 6.54 Å². The molecule has 0 atom stereocenters. The first-order valence-corrected chi connectivity index (χ1v) is 8.92.